The Hall–Kier alpha value is -1.81. The van der Waals surface area contributed by atoms with Gasteiger partial charge in [0, 0.05) is 32.7 Å². The van der Waals surface area contributed by atoms with Gasteiger partial charge < -0.3 is 9.64 Å². The molecule has 1 aliphatic heterocycles. The maximum atomic E-state index is 12.4. The molecule has 2 fully saturated rings. The lowest BCUT2D eigenvalue weighted by atomic mass is 9.93. The molecule has 0 radical (unpaired) electrons. The first-order valence-electron chi connectivity index (χ1n) is 9.55. The van der Waals surface area contributed by atoms with Crippen LogP contribution in [0.5, 0.6) is 5.75 Å². The summed E-state index contributed by atoms with van der Waals surface area (Å²) in [6.45, 7) is 7.02. The molecular formula is C21H28N2O2. The minimum absolute atomic E-state index is 0.100. The van der Waals surface area contributed by atoms with Crippen molar-refractivity contribution >= 4 is 5.91 Å². The number of piperazine rings is 1. The summed E-state index contributed by atoms with van der Waals surface area (Å²) in [5.74, 6) is 3.36. The number of ether oxygens (including phenoxy) is 1. The molecule has 4 rings (SSSR count). The Labute approximate surface area is 150 Å². The van der Waals surface area contributed by atoms with Gasteiger partial charge in [-0.15, -0.1) is 0 Å². The normalized spacial score (nSPS) is 28.5. The maximum Gasteiger partial charge on any atom is 0.260 e. The first-order valence-corrected chi connectivity index (χ1v) is 9.55. The SMILES string of the molecule is Cc1ccc(OCC(=O)N2CCN(C[C@H]3C[C@@H]4C=C[C@@H]3C4)CC2)cc1. The molecule has 2 bridgehead atoms. The number of amides is 1. The monoisotopic (exact) mass is 340 g/mol. The molecule has 2 aliphatic carbocycles. The van der Waals surface area contributed by atoms with Crippen molar-refractivity contribution in [3.8, 4) is 5.75 Å². The van der Waals surface area contributed by atoms with Crippen LogP contribution in [-0.4, -0.2) is 55.0 Å². The third-order valence-corrected chi connectivity index (χ3v) is 6.02. The van der Waals surface area contributed by atoms with E-state index >= 15 is 0 Å². The molecule has 0 N–H and O–H groups in total. The van der Waals surface area contributed by atoms with E-state index in [1.54, 1.807) is 0 Å². The van der Waals surface area contributed by atoms with Gasteiger partial charge in [-0.05, 0) is 49.7 Å². The molecule has 0 unspecified atom stereocenters. The van der Waals surface area contributed by atoms with Crippen molar-refractivity contribution in [1.82, 2.24) is 9.80 Å². The molecule has 3 atom stereocenters. The second kappa shape index (κ2) is 7.20. The van der Waals surface area contributed by atoms with Crippen LogP contribution >= 0.6 is 0 Å². The molecule has 1 aromatic carbocycles. The molecule has 4 nitrogen and oxygen atoms in total. The molecular weight excluding hydrogens is 312 g/mol. The lowest BCUT2D eigenvalue weighted by Gasteiger charge is -2.36. The Morgan fingerprint density at radius 3 is 2.48 bits per heavy atom. The molecule has 1 saturated carbocycles. The number of allylic oxidation sites excluding steroid dienone is 2. The minimum Gasteiger partial charge on any atom is -0.484 e. The second-order valence-electron chi connectivity index (χ2n) is 7.82. The molecule has 1 aromatic rings. The van der Waals surface area contributed by atoms with Crippen LogP contribution in [0.25, 0.3) is 0 Å². The molecule has 134 valence electrons. The van der Waals surface area contributed by atoms with E-state index in [9.17, 15) is 4.79 Å². The van der Waals surface area contributed by atoms with Crippen LogP contribution in [-0.2, 0) is 4.79 Å². The van der Waals surface area contributed by atoms with E-state index < -0.39 is 0 Å². The summed E-state index contributed by atoms with van der Waals surface area (Å²) in [7, 11) is 0. The van der Waals surface area contributed by atoms with E-state index in [0.29, 0.717) is 0 Å². The van der Waals surface area contributed by atoms with Gasteiger partial charge in [-0.3, -0.25) is 9.69 Å². The number of carbonyl (C=O) groups is 1. The summed E-state index contributed by atoms with van der Waals surface area (Å²) >= 11 is 0. The zero-order chi connectivity index (χ0) is 17.2. The largest absolute Gasteiger partial charge is 0.484 e. The third-order valence-electron chi connectivity index (χ3n) is 6.02. The van der Waals surface area contributed by atoms with Crippen LogP contribution in [0.15, 0.2) is 36.4 Å². The lowest BCUT2D eigenvalue weighted by molar-refractivity contribution is -0.135. The van der Waals surface area contributed by atoms with Gasteiger partial charge in [0.2, 0.25) is 0 Å². The van der Waals surface area contributed by atoms with Crippen molar-refractivity contribution < 1.29 is 9.53 Å². The van der Waals surface area contributed by atoms with E-state index in [-0.39, 0.29) is 12.5 Å². The fourth-order valence-electron chi connectivity index (χ4n) is 4.49. The predicted octanol–water partition coefficient (Wildman–Crippen LogP) is 2.73. The zero-order valence-corrected chi connectivity index (χ0v) is 15.1. The van der Waals surface area contributed by atoms with Gasteiger partial charge in [0.05, 0.1) is 0 Å². The maximum absolute atomic E-state index is 12.4. The molecule has 4 heteroatoms. The molecule has 0 spiro atoms. The van der Waals surface area contributed by atoms with Crippen molar-refractivity contribution in [3.05, 3.63) is 42.0 Å². The summed E-state index contributed by atoms with van der Waals surface area (Å²) in [6.07, 6.45) is 7.58. The molecule has 1 amide bonds. The highest BCUT2D eigenvalue weighted by atomic mass is 16.5. The number of nitrogens with zero attached hydrogens (tertiary/aromatic N) is 2. The van der Waals surface area contributed by atoms with Crippen LogP contribution in [0.4, 0.5) is 0 Å². The third kappa shape index (κ3) is 3.90. The first kappa shape index (κ1) is 16.6. The van der Waals surface area contributed by atoms with Gasteiger partial charge in [0.25, 0.3) is 5.91 Å². The molecule has 1 saturated heterocycles. The Kier molecular flexibility index (Phi) is 4.80. The Morgan fingerprint density at radius 1 is 1.08 bits per heavy atom. The van der Waals surface area contributed by atoms with Crippen LogP contribution in [0.2, 0.25) is 0 Å². The van der Waals surface area contributed by atoms with Gasteiger partial charge >= 0.3 is 0 Å². The second-order valence-corrected chi connectivity index (χ2v) is 7.82. The van der Waals surface area contributed by atoms with Crippen LogP contribution in [0, 0.1) is 24.7 Å². The van der Waals surface area contributed by atoms with Crippen molar-refractivity contribution in [3.63, 3.8) is 0 Å². The van der Waals surface area contributed by atoms with Crippen molar-refractivity contribution in [1.29, 1.82) is 0 Å². The number of hydrogen-bond acceptors (Lipinski definition) is 3. The summed E-state index contributed by atoms with van der Waals surface area (Å²) in [5, 5.41) is 0. The smallest absolute Gasteiger partial charge is 0.260 e. The van der Waals surface area contributed by atoms with Gasteiger partial charge in [-0.1, -0.05) is 29.8 Å². The molecule has 25 heavy (non-hydrogen) atoms. The van der Waals surface area contributed by atoms with E-state index in [4.69, 9.17) is 4.74 Å². The Morgan fingerprint density at radius 2 is 1.84 bits per heavy atom. The average molecular weight is 340 g/mol. The van der Waals surface area contributed by atoms with Crippen LogP contribution in [0.3, 0.4) is 0 Å². The van der Waals surface area contributed by atoms with Gasteiger partial charge in [-0.2, -0.15) is 0 Å². The Bertz CT molecular complexity index is 632. The highest BCUT2D eigenvalue weighted by Crippen LogP contribution is 2.43. The zero-order valence-electron chi connectivity index (χ0n) is 15.1. The van der Waals surface area contributed by atoms with E-state index in [2.05, 4.69) is 17.1 Å². The fraction of sp³-hybridized carbons (Fsp3) is 0.571. The number of fused-ring (bicyclic) bond motifs is 2. The van der Waals surface area contributed by atoms with E-state index in [1.165, 1.54) is 24.9 Å². The molecule has 0 aromatic heterocycles. The summed E-state index contributed by atoms with van der Waals surface area (Å²) in [6, 6.07) is 7.85. The quantitative estimate of drug-likeness (QED) is 0.773. The molecule has 1 heterocycles. The van der Waals surface area contributed by atoms with Crippen molar-refractivity contribution in [2.45, 2.75) is 19.8 Å². The van der Waals surface area contributed by atoms with Crippen LogP contribution < -0.4 is 4.74 Å². The topological polar surface area (TPSA) is 32.8 Å². The highest BCUT2D eigenvalue weighted by molar-refractivity contribution is 5.77. The van der Waals surface area contributed by atoms with Crippen molar-refractivity contribution in [2.75, 3.05) is 39.3 Å². The molecule has 3 aliphatic rings. The Balaban J connectivity index is 1.19. The number of benzene rings is 1. The van der Waals surface area contributed by atoms with Gasteiger partial charge in [0.15, 0.2) is 6.61 Å². The van der Waals surface area contributed by atoms with Gasteiger partial charge in [-0.25, -0.2) is 0 Å². The summed E-state index contributed by atoms with van der Waals surface area (Å²) in [4.78, 5) is 16.9. The number of aryl methyl sites for hydroxylation is 1. The number of rotatable bonds is 5. The summed E-state index contributed by atoms with van der Waals surface area (Å²) < 4.78 is 5.63. The first-order chi connectivity index (χ1) is 12.2. The van der Waals surface area contributed by atoms with E-state index in [1.807, 2.05) is 36.1 Å². The standard InChI is InChI=1S/C21H28N2O2/c1-16-2-6-20(7-3-16)25-15-21(24)23-10-8-22(9-11-23)14-19-13-17-4-5-18(19)12-17/h2-7,17-19H,8-15H2,1H3/t17-,18-,19-/m1/s1. The predicted molar refractivity (Wildman–Crippen MR) is 98.5 cm³/mol. The lowest BCUT2D eigenvalue weighted by Crippen LogP contribution is -2.51. The van der Waals surface area contributed by atoms with Gasteiger partial charge in [0.1, 0.15) is 5.75 Å². The summed E-state index contributed by atoms with van der Waals surface area (Å²) in [5.41, 5.74) is 1.20. The highest BCUT2D eigenvalue weighted by Gasteiger charge is 2.36. The van der Waals surface area contributed by atoms with Crippen molar-refractivity contribution in [2.24, 2.45) is 17.8 Å². The fourth-order valence-corrected chi connectivity index (χ4v) is 4.49. The number of hydrogen-bond donors (Lipinski definition) is 0. The minimum atomic E-state index is 0.100. The van der Waals surface area contributed by atoms with Crippen LogP contribution in [0.1, 0.15) is 18.4 Å². The van der Waals surface area contributed by atoms with E-state index in [0.717, 1.165) is 49.7 Å². The number of carbonyl (C=O) groups excluding carboxylic acids is 1. The average Bonchev–Trinajstić information content (AvgIpc) is 3.25.